The molecule has 0 unspecified atom stereocenters. The lowest BCUT2D eigenvalue weighted by Gasteiger charge is -2.24. The van der Waals surface area contributed by atoms with Crippen LogP contribution in [0.3, 0.4) is 0 Å². The van der Waals surface area contributed by atoms with Crippen molar-refractivity contribution in [1.82, 2.24) is 9.88 Å². The number of amides is 1. The fourth-order valence-electron chi connectivity index (χ4n) is 2.84. The number of rotatable bonds is 5. The molecule has 0 saturated carbocycles. The van der Waals surface area contributed by atoms with E-state index in [2.05, 4.69) is 24.0 Å². The number of nitrogens with zero attached hydrogens (tertiary/aromatic N) is 2. The summed E-state index contributed by atoms with van der Waals surface area (Å²) < 4.78 is 0. The van der Waals surface area contributed by atoms with Crippen LogP contribution in [0.4, 0.5) is 0 Å². The molecule has 0 radical (unpaired) electrons. The maximum atomic E-state index is 12.8. The molecule has 0 spiro atoms. The Kier molecular flexibility index (Phi) is 5.34. The molecule has 0 N–H and O–H groups in total. The van der Waals surface area contributed by atoms with Gasteiger partial charge in [0.1, 0.15) is 5.37 Å². The second-order valence-electron chi connectivity index (χ2n) is 5.81. The van der Waals surface area contributed by atoms with Gasteiger partial charge in [-0.3, -0.25) is 9.78 Å². The van der Waals surface area contributed by atoms with Gasteiger partial charge >= 0.3 is 0 Å². The van der Waals surface area contributed by atoms with Crippen molar-refractivity contribution in [2.24, 2.45) is 0 Å². The van der Waals surface area contributed by atoms with Gasteiger partial charge in [-0.1, -0.05) is 31.5 Å². The van der Waals surface area contributed by atoms with Crippen molar-refractivity contribution in [2.75, 3.05) is 12.3 Å². The van der Waals surface area contributed by atoms with Gasteiger partial charge in [0, 0.05) is 35.8 Å². The first-order valence-corrected chi connectivity index (χ1v) is 9.26. The molecule has 1 aromatic heterocycles. The molecule has 1 aromatic carbocycles. The van der Waals surface area contributed by atoms with Gasteiger partial charge < -0.3 is 4.90 Å². The molecule has 4 heteroatoms. The number of hydrogen-bond acceptors (Lipinski definition) is 3. The molecule has 2 heterocycles. The predicted molar refractivity (Wildman–Crippen MR) is 95.5 cm³/mol. The number of aromatic nitrogens is 1. The van der Waals surface area contributed by atoms with Gasteiger partial charge in [0.15, 0.2) is 0 Å². The molecule has 2 aromatic rings. The molecule has 3 rings (SSSR count). The molecule has 1 atom stereocenters. The van der Waals surface area contributed by atoms with Crippen LogP contribution >= 0.6 is 11.8 Å². The summed E-state index contributed by atoms with van der Waals surface area (Å²) in [7, 11) is 0. The molecule has 0 bridgehead atoms. The Labute approximate surface area is 142 Å². The highest BCUT2D eigenvalue weighted by molar-refractivity contribution is 7.99. The second kappa shape index (κ2) is 7.64. The third kappa shape index (κ3) is 3.75. The van der Waals surface area contributed by atoms with E-state index < -0.39 is 0 Å². The van der Waals surface area contributed by atoms with E-state index in [1.54, 1.807) is 18.0 Å². The molecule has 1 amide bonds. The van der Waals surface area contributed by atoms with Crippen molar-refractivity contribution in [3.8, 4) is 0 Å². The van der Waals surface area contributed by atoms with Crippen molar-refractivity contribution in [3.05, 3.63) is 65.5 Å². The number of unbranched alkanes of at least 4 members (excludes halogenated alkanes) is 1. The molecule has 3 nitrogen and oxygen atoms in total. The number of benzene rings is 1. The third-order valence-corrected chi connectivity index (χ3v) is 5.40. The van der Waals surface area contributed by atoms with Crippen LogP contribution < -0.4 is 0 Å². The Bertz CT molecular complexity index is 642. The Hall–Kier alpha value is -1.81. The van der Waals surface area contributed by atoms with E-state index in [0.717, 1.165) is 29.8 Å². The number of carbonyl (C=O) groups is 1. The highest BCUT2D eigenvalue weighted by Gasteiger charge is 2.31. The smallest absolute Gasteiger partial charge is 0.255 e. The summed E-state index contributed by atoms with van der Waals surface area (Å²) in [5.41, 5.74) is 3.19. The van der Waals surface area contributed by atoms with E-state index >= 15 is 0 Å². The number of carbonyl (C=O) groups excluding carboxylic acids is 1. The maximum absolute atomic E-state index is 12.8. The van der Waals surface area contributed by atoms with Crippen LogP contribution in [0.25, 0.3) is 0 Å². The van der Waals surface area contributed by atoms with E-state index in [1.165, 1.54) is 18.4 Å². The Morgan fingerprint density at radius 1 is 1.30 bits per heavy atom. The van der Waals surface area contributed by atoms with Gasteiger partial charge in [-0.15, -0.1) is 11.8 Å². The molecule has 1 aliphatic rings. The van der Waals surface area contributed by atoms with E-state index in [-0.39, 0.29) is 11.3 Å². The van der Waals surface area contributed by atoms with Gasteiger partial charge in [-0.2, -0.15) is 0 Å². The summed E-state index contributed by atoms with van der Waals surface area (Å²) in [6.07, 6.45) is 7.10. The predicted octanol–water partition coefficient (Wildman–Crippen LogP) is 4.31. The van der Waals surface area contributed by atoms with Crippen LogP contribution in [0.1, 0.15) is 46.6 Å². The number of hydrogen-bond donors (Lipinski definition) is 0. The second-order valence-corrected chi connectivity index (χ2v) is 7.00. The van der Waals surface area contributed by atoms with Crippen LogP contribution in [0, 0.1) is 0 Å². The monoisotopic (exact) mass is 326 g/mol. The van der Waals surface area contributed by atoms with Gasteiger partial charge in [-0.25, -0.2) is 0 Å². The number of thioether (sulfide) groups is 1. The molecule has 120 valence electrons. The Balaban J connectivity index is 1.74. The van der Waals surface area contributed by atoms with Gasteiger partial charge in [0.2, 0.25) is 0 Å². The van der Waals surface area contributed by atoms with Crippen LogP contribution in [0.15, 0.2) is 48.8 Å². The zero-order valence-electron chi connectivity index (χ0n) is 13.4. The number of aryl methyl sites for hydroxylation is 1. The maximum Gasteiger partial charge on any atom is 0.255 e. The summed E-state index contributed by atoms with van der Waals surface area (Å²) in [6.45, 7) is 2.99. The van der Waals surface area contributed by atoms with E-state index in [4.69, 9.17) is 0 Å². The van der Waals surface area contributed by atoms with Crippen LogP contribution in [0.5, 0.6) is 0 Å². The minimum absolute atomic E-state index is 0.0796. The van der Waals surface area contributed by atoms with Crippen molar-refractivity contribution >= 4 is 17.7 Å². The van der Waals surface area contributed by atoms with E-state index in [1.807, 2.05) is 35.4 Å². The van der Waals surface area contributed by atoms with Crippen LogP contribution in [0.2, 0.25) is 0 Å². The molecule has 1 fully saturated rings. The lowest BCUT2D eigenvalue weighted by atomic mass is 10.1. The lowest BCUT2D eigenvalue weighted by Crippen LogP contribution is -2.30. The zero-order chi connectivity index (χ0) is 16.1. The third-order valence-electron chi connectivity index (χ3n) is 4.14. The average Bonchev–Trinajstić information content (AvgIpc) is 3.10. The minimum atomic E-state index is 0.0796. The van der Waals surface area contributed by atoms with Gasteiger partial charge in [-0.05, 0) is 36.6 Å². The lowest BCUT2D eigenvalue weighted by molar-refractivity contribution is 0.0760. The summed E-state index contributed by atoms with van der Waals surface area (Å²) in [5, 5.41) is 0.0796. The average molecular weight is 326 g/mol. The minimum Gasteiger partial charge on any atom is -0.322 e. The molecule has 1 aliphatic heterocycles. The van der Waals surface area contributed by atoms with Crippen LogP contribution in [-0.4, -0.2) is 28.1 Å². The highest BCUT2D eigenvalue weighted by Crippen LogP contribution is 2.38. The summed E-state index contributed by atoms with van der Waals surface area (Å²) >= 11 is 1.81. The summed E-state index contributed by atoms with van der Waals surface area (Å²) in [6, 6.07) is 12.1. The van der Waals surface area contributed by atoms with E-state index in [0.29, 0.717) is 0 Å². The quantitative estimate of drug-likeness (QED) is 0.821. The van der Waals surface area contributed by atoms with Crippen molar-refractivity contribution in [3.63, 3.8) is 0 Å². The molecule has 1 saturated heterocycles. The fraction of sp³-hybridized carbons (Fsp3) is 0.368. The van der Waals surface area contributed by atoms with Gasteiger partial charge in [0.05, 0.1) is 0 Å². The van der Waals surface area contributed by atoms with Crippen molar-refractivity contribution in [1.29, 1.82) is 0 Å². The molecule has 23 heavy (non-hydrogen) atoms. The SMILES string of the molecule is CCCCc1ccc(C(=O)N2CCS[C@H]2c2cccnc2)cc1. The van der Waals surface area contributed by atoms with Crippen molar-refractivity contribution in [2.45, 2.75) is 31.6 Å². The summed E-state index contributed by atoms with van der Waals surface area (Å²) in [4.78, 5) is 19.0. The Morgan fingerprint density at radius 3 is 2.83 bits per heavy atom. The summed E-state index contributed by atoms with van der Waals surface area (Å²) in [5.74, 6) is 1.09. The highest BCUT2D eigenvalue weighted by atomic mass is 32.2. The normalized spacial score (nSPS) is 17.4. The first kappa shape index (κ1) is 16.1. The van der Waals surface area contributed by atoms with E-state index in [9.17, 15) is 4.79 Å². The molecule has 0 aliphatic carbocycles. The molecular formula is C19H22N2OS. The topological polar surface area (TPSA) is 33.2 Å². The Morgan fingerprint density at radius 2 is 2.13 bits per heavy atom. The van der Waals surface area contributed by atoms with Gasteiger partial charge in [0.25, 0.3) is 5.91 Å². The largest absolute Gasteiger partial charge is 0.322 e. The number of pyridine rings is 1. The standard InChI is InChI=1S/C19H22N2OS/c1-2-3-5-15-7-9-16(10-8-15)18(22)21-12-13-23-19(21)17-6-4-11-20-14-17/h4,6-11,14,19H,2-3,5,12-13H2,1H3/t19-/m0/s1. The van der Waals surface area contributed by atoms with Crippen molar-refractivity contribution < 1.29 is 4.79 Å². The van der Waals surface area contributed by atoms with Crippen LogP contribution in [-0.2, 0) is 6.42 Å². The molecular weight excluding hydrogens is 304 g/mol. The first-order valence-electron chi connectivity index (χ1n) is 8.21. The fourth-order valence-corrected chi connectivity index (χ4v) is 4.08. The zero-order valence-corrected chi connectivity index (χ0v) is 14.3. The first-order chi connectivity index (χ1) is 11.3.